The van der Waals surface area contributed by atoms with Gasteiger partial charge in [0.15, 0.2) is 17.1 Å². The van der Waals surface area contributed by atoms with Crippen LogP contribution in [0, 0.1) is 0 Å². The molecule has 1 fully saturated rings. The molecule has 0 spiro atoms. The van der Waals surface area contributed by atoms with Gasteiger partial charge in [0.2, 0.25) is 11.3 Å². The number of carbonyl (C=O) groups is 3. The zero-order chi connectivity index (χ0) is 36.2. The predicted octanol–water partition coefficient (Wildman–Crippen LogP) is 4.65. The lowest BCUT2D eigenvalue weighted by Gasteiger charge is -2.35. The van der Waals surface area contributed by atoms with Gasteiger partial charge in [-0.3, -0.25) is 19.2 Å². The molecule has 5 rings (SSSR count). The normalized spacial score (nSPS) is 15.4. The number of nitrogens with one attached hydrogen (secondary N) is 2. The Balaban J connectivity index is 1.33. The van der Waals surface area contributed by atoms with E-state index in [0.29, 0.717) is 61.1 Å². The largest absolute Gasteiger partial charge is 0.487 e. The standard InChI is InChI=1S/C36H53N7O6Si/c1-8-10-15-49-32-29(44)18-25(43-14-13-42(23(3)4)36(47)31(32)43)19-38-35(46)27(9-2)40-34(45)26-21-41(22-48-16-17-50(5,6)7)33-30(26)39-28(20-37-33)24-11-12-24/h18,20-21,23-24,27H,8-17,19,22H2,1-7H3,(H,38,46)(H,40,45). The topological polar surface area (TPSA) is 150 Å². The van der Waals surface area contributed by atoms with Gasteiger partial charge in [0, 0.05) is 57.7 Å². The lowest BCUT2D eigenvalue weighted by molar-refractivity contribution is -0.123. The van der Waals surface area contributed by atoms with Crippen molar-refractivity contribution in [3.8, 4) is 5.75 Å². The highest BCUT2D eigenvalue weighted by atomic mass is 28.3. The van der Waals surface area contributed by atoms with Crippen molar-refractivity contribution < 1.29 is 23.9 Å². The van der Waals surface area contributed by atoms with E-state index in [2.05, 4.69) is 35.3 Å². The van der Waals surface area contributed by atoms with Crippen LogP contribution in [0.4, 0.5) is 0 Å². The SMILES string of the molecule is CCCCOc1c2n(c(CNC(=O)C(CC)NC(=O)c3cn(COCC[Si](C)(C)C)c4ncc(C5CC5)nc34)cc1=O)CCN(C(C)C)C2=O. The van der Waals surface area contributed by atoms with Gasteiger partial charge in [-0.1, -0.05) is 39.9 Å². The van der Waals surface area contributed by atoms with Crippen LogP contribution in [0.15, 0.2) is 23.3 Å². The fraction of sp³-hybridized carbons (Fsp3) is 0.611. The van der Waals surface area contributed by atoms with Crippen LogP contribution in [-0.4, -0.2) is 81.6 Å². The number of nitrogens with zero attached hydrogens (tertiary/aromatic N) is 5. The predicted molar refractivity (Wildman–Crippen MR) is 194 cm³/mol. The first-order valence-electron chi connectivity index (χ1n) is 18.1. The van der Waals surface area contributed by atoms with Crippen molar-refractivity contribution >= 4 is 37.0 Å². The molecule has 0 bridgehead atoms. The number of unbranched alkanes of at least 4 members (excludes halogenated alkanes) is 1. The Morgan fingerprint density at radius 2 is 1.86 bits per heavy atom. The van der Waals surface area contributed by atoms with E-state index >= 15 is 0 Å². The Morgan fingerprint density at radius 3 is 2.52 bits per heavy atom. The average Bonchev–Trinajstić information content (AvgIpc) is 3.86. The number of pyridine rings is 1. The quantitative estimate of drug-likeness (QED) is 0.152. The number of hydrogen-bond donors (Lipinski definition) is 2. The molecule has 13 nitrogen and oxygen atoms in total. The summed E-state index contributed by atoms with van der Waals surface area (Å²) >= 11 is 0. The van der Waals surface area contributed by atoms with Gasteiger partial charge in [-0.2, -0.15) is 0 Å². The molecule has 3 aromatic heterocycles. The number of hydrogen-bond acceptors (Lipinski definition) is 8. The van der Waals surface area contributed by atoms with E-state index in [1.807, 2.05) is 27.7 Å². The first kappa shape index (κ1) is 37.2. The number of carbonyl (C=O) groups excluding carboxylic acids is 3. The van der Waals surface area contributed by atoms with Crippen LogP contribution in [0.25, 0.3) is 11.2 Å². The van der Waals surface area contributed by atoms with Gasteiger partial charge in [0.05, 0.1) is 30.6 Å². The second kappa shape index (κ2) is 15.9. The minimum Gasteiger partial charge on any atom is -0.487 e. The van der Waals surface area contributed by atoms with Crippen molar-refractivity contribution in [2.24, 2.45) is 0 Å². The van der Waals surface area contributed by atoms with Gasteiger partial charge >= 0.3 is 0 Å². The van der Waals surface area contributed by atoms with Crippen LogP contribution in [0.2, 0.25) is 25.7 Å². The van der Waals surface area contributed by atoms with Gasteiger partial charge in [0.25, 0.3) is 11.8 Å². The molecule has 0 saturated heterocycles. The van der Waals surface area contributed by atoms with Crippen molar-refractivity contribution in [2.75, 3.05) is 19.8 Å². The van der Waals surface area contributed by atoms with E-state index in [9.17, 15) is 19.2 Å². The number of aromatic nitrogens is 4. The van der Waals surface area contributed by atoms with Crippen LogP contribution in [0.5, 0.6) is 5.75 Å². The lowest BCUT2D eigenvalue weighted by Crippen LogP contribution is -2.48. The van der Waals surface area contributed by atoms with Crippen LogP contribution < -0.4 is 20.8 Å². The monoisotopic (exact) mass is 707 g/mol. The summed E-state index contributed by atoms with van der Waals surface area (Å²) in [7, 11) is -1.27. The van der Waals surface area contributed by atoms with Crippen LogP contribution in [0.3, 0.4) is 0 Å². The molecule has 3 amide bonds. The van der Waals surface area contributed by atoms with Crippen molar-refractivity contribution in [3.05, 3.63) is 51.3 Å². The van der Waals surface area contributed by atoms with Crippen molar-refractivity contribution in [1.82, 2.24) is 34.6 Å². The Hall–Kier alpha value is -4.04. The van der Waals surface area contributed by atoms with Gasteiger partial charge in [-0.25, -0.2) is 9.97 Å². The van der Waals surface area contributed by atoms with E-state index in [1.165, 1.54) is 6.07 Å². The summed E-state index contributed by atoms with van der Waals surface area (Å²) in [6, 6.07) is 1.55. The molecule has 1 aliphatic carbocycles. The van der Waals surface area contributed by atoms with Gasteiger partial charge in [-0.05, 0) is 45.6 Å². The fourth-order valence-electron chi connectivity index (χ4n) is 6.03. The molecule has 1 saturated carbocycles. The van der Waals surface area contributed by atoms with Crippen molar-refractivity contribution in [2.45, 2.75) is 123 Å². The molecule has 1 atom stereocenters. The van der Waals surface area contributed by atoms with E-state index < -0.39 is 31.4 Å². The van der Waals surface area contributed by atoms with Crippen LogP contribution in [-0.2, 0) is 29.4 Å². The van der Waals surface area contributed by atoms with E-state index in [-0.39, 0.29) is 36.7 Å². The van der Waals surface area contributed by atoms with E-state index in [4.69, 9.17) is 14.5 Å². The molecule has 4 heterocycles. The van der Waals surface area contributed by atoms with Crippen molar-refractivity contribution in [3.63, 3.8) is 0 Å². The molecule has 50 heavy (non-hydrogen) atoms. The summed E-state index contributed by atoms with van der Waals surface area (Å²) in [6.45, 7) is 16.7. The zero-order valence-electron chi connectivity index (χ0n) is 30.6. The number of ether oxygens (including phenoxy) is 2. The minimum absolute atomic E-state index is 0.00192. The number of rotatable bonds is 17. The molecule has 2 N–H and O–H groups in total. The Bertz CT molecular complexity index is 1770. The molecule has 14 heteroatoms. The average molecular weight is 708 g/mol. The molecular weight excluding hydrogens is 655 g/mol. The van der Waals surface area contributed by atoms with Crippen LogP contribution in [0.1, 0.15) is 98.0 Å². The molecule has 1 unspecified atom stereocenters. The van der Waals surface area contributed by atoms with E-state index in [0.717, 1.165) is 37.4 Å². The first-order chi connectivity index (χ1) is 23.8. The third kappa shape index (κ3) is 8.63. The molecule has 272 valence electrons. The van der Waals surface area contributed by atoms with Gasteiger partial charge in [0.1, 0.15) is 18.3 Å². The Kier molecular flexibility index (Phi) is 11.8. The summed E-state index contributed by atoms with van der Waals surface area (Å²) in [5.41, 5.74) is 2.57. The molecular formula is C36H53N7O6Si. The number of amides is 3. The van der Waals surface area contributed by atoms with Gasteiger partial charge in [-0.15, -0.1) is 0 Å². The molecule has 0 radical (unpaired) electrons. The van der Waals surface area contributed by atoms with E-state index in [1.54, 1.807) is 26.4 Å². The summed E-state index contributed by atoms with van der Waals surface area (Å²) in [5, 5.41) is 5.79. The third-order valence-corrected chi connectivity index (χ3v) is 11.0. The molecule has 2 aliphatic rings. The Labute approximate surface area is 295 Å². The summed E-state index contributed by atoms with van der Waals surface area (Å²) in [4.78, 5) is 65.4. The maximum atomic E-state index is 13.8. The lowest BCUT2D eigenvalue weighted by atomic mass is 10.1. The summed E-state index contributed by atoms with van der Waals surface area (Å²) < 4.78 is 15.4. The fourth-order valence-corrected chi connectivity index (χ4v) is 6.78. The Morgan fingerprint density at radius 1 is 1.10 bits per heavy atom. The molecule has 3 aromatic rings. The molecule has 1 aliphatic heterocycles. The highest BCUT2D eigenvalue weighted by Gasteiger charge is 2.33. The summed E-state index contributed by atoms with van der Waals surface area (Å²) in [5.74, 6) is -0.694. The van der Waals surface area contributed by atoms with Crippen LogP contribution >= 0.6 is 0 Å². The first-order valence-corrected chi connectivity index (χ1v) is 21.8. The highest BCUT2D eigenvalue weighted by Crippen LogP contribution is 2.39. The number of fused-ring (bicyclic) bond motifs is 2. The minimum atomic E-state index is -1.27. The summed E-state index contributed by atoms with van der Waals surface area (Å²) in [6.07, 6.45) is 7.56. The zero-order valence-corrected chi connectivity index (χ0v) is 31.6. The maximum absolute atomic E-state index is 13.8. The third-order valence-electron chi connectivity index (χ3n) is 9.27. The second-order valence-corrected chi connectivity index (χ2v) is 20.5. The highest BCUT2D eigenvalue weighted by molar-refractivity contribution is 6.76. The molecule has 0 aromatic carbocycles. The smallest absolute Gasteiger partial charge is 0.274 e. The van der Waals surface area contributed by atoms with Crippen molar-refractivity contribution in [1.29, 1.82) is 0 Å². The van der Waals surface area contributed by atoms with Gasteiger partial charge < -0.3 is 34.1 Å². The second-order valence-electron chi connectivity index (χ2n) is 14.9. The maximum Gasteiger partial charge on any atom is 0.274 e.